The maximum atomic E-state index is 13.2. The van der Waals surface area contributed by atoms with Crippen LogP contribution in [0.15, 0.2) is 30.3 Å². The number of benzene rings is 1. The number of nitrogens with one attached hydrogen (secondary N) is 2. The Morgan fingerprint density at radius 2 is 2.18 bits per heavy atom. The van der Waals surface area contributed by atoms with Gasteiger partial charge in [0, 0.05) is 6.07 Å². The van der Waals surface area contributed by atoms with Crippen molar-refractivity contribution < 1.29 is 18.7 Å². The van der Waals surface area contributed by atoms with E-state index in [1.807, 2.05) is 0 Å². The van der Waals surface area contributed by atoms with E-state index in [1.165, 1.54) is 18.2 Å². The molecule has 2 aromatic rings. The number of nitrogens with zero attached hydrogens (tertiary/aromatic N) is 1. The van der Waals surface area contributed by atoms with Gasteiger partial charge in [-0.15, -0.1) is 0 Å². The zero-order chi connectivity index (χ0) is 16.1. The predicted molar refractivity (Wildman–Crippen MR) is 78.0 cm³/mol. The summed E-state index contributed by atoms with van der Waals surface area (Å²) in [5.74, 6) is -1.66. The summed E-state index contributed by atoms with van der Waals surface area (Å²) < 4.78 is 18.0. The molecule has 0 unspecified atom stereocenters. The number of ether oxygens (including phenoxy) is 1. The molecule has 6 nitrogen and oxygen atoms in total. The number of anilines is 1. The number of hydrogen-bond donors (Lipinski definition) is 2. The molecule has 116 valence electrons. The number of aromatic amines is 1. The molecule has 0 aliphatic carbocycles. The van der Waals surface area contributed by atoms with Gasteiger partial charge in [0.2, 0.25) is 5.91 Å². The zero-order valence-corrected chi connectivity index (χ0v) is 12.2. The lowest BCUT2D eigenvalue weighted by molar-refractivity contribution is -0.117. The normalized spacial score (nSPS) is 11.8. The van der Waals surface area contributed by atoms with Crippen molar-refractivity contribution in [3.8, 4) is 0 Å². The zero-order valence-electron chi connectivity index (χ0n) is 12.2. The number of aromatic nitrogens is 2. The molecule has 1 aromatic heterocycles. The van der Waals surface area contributed by atoms with E-state index in [1.54, 1.807) is 26.0 Å². The Bertz CT molecular complexity index is 684. The second-order valence-corrected chi connectivity index (χ2v) is 4.65. The number of amides is 1. The molecular weight excluding hydrogens is 289 g/mol. The van der Waals surface area contributed by atoms with Gasteiger partial charge >= 0.3 is 5.97 Å². The molecule has 0 bridgehead atoms. The Kier molecular flexibility index (Phi) is 4.88. The molecular formula is C15H16FN3O3. The summed E-state index contributed by atoms with van der Waals surface area (Å²) in [6.07, 6.45) is 0. The number of carbonyl (C=O) groups excluding carboxylic acids is 2. The number of esters is 1. The third-order valence-electron chi connectivity index (χ3n) is 3.07. The van der Waals surface area contributed by atoms with Gasteiger partial charge in [-0.1, -0.05) is 12.1 Å². The van der Waals surface area contributed by atoms with Gasteiger partial charge < -0.3 is 10.1 Å². The van der Waals surface area contributed by atoms with E-state index in [0.29, 0.717) is 5.56 Å². The Labute approximate surface area is 126 Å². The van der Waals surface area contributed by atoms with Gasteiger partial charge in [-0.05, 0) is 31.5 Å². The van der Waals surface area contributed by atoms with Crippen LogP contribution in [0.2, 0.25) is 0 Å². The first-order valence-electron chi connectivity index (χ1n) is 6.80. The molecule has 1 heterocycles. The fourth-order valence-electron chi connectivity index (χ4n) is 1.86. The second-order valence-electron chi connectivity index (χ2n) is 4.65. The van der Waals surface area contributed by atoms with Crippen LogP contribution in [0.4, 0.5) is 10.2 Å². The van der Waals surface area contributed by atoms with E-state index in [9.17, 15) is 14.0 Å². The standard InChI is InChI=1S/C15H16FN3O3/c1-3-22-15(21)12-8-13(19-18-12)17-14(20)9(2)10-5-4-6-11(16)7-10/h4-9H,3H2,1-2H3,(H2,17,18,19,20)/t9-/m1/s1. The van der Waals surface area contributed by atoms with Crippen molar-refractivity contribution in [2.45, 2.75) is 19.8 Å². The van der Waals surface area contributed by atoms with Gasteiger partial charge in [0.1, 0.15) is 11.5 Å². The highest BCUT2D eigenvalue weighted by molar-refractivity contribution is 5.96. The molecule has 1 amide bonds. The second kappa shape index (κ2) is 6.84. The van der Waals surface area contributed by atoms with Gasteiger partial charge in [0.15, 0.2) is 5.82 Å². The van der Waals surface area contributed by atoms with Gasteiger partial charge in [0.25, 0.3) is 0 Å². The van der Waals surface area contributed by atoms with Crippen LogP contribution in [0, 0.1) is 5.82 Å². The van der Waals surface area contributed by atoms with Crippen molar-refractivity contribution in [1.29, 1.82) is 0 Å². The van der Waals surface area contributed by atoms with Crippen molar-refractivity contribution in [3.63, 3.8) is 0 Å². The molecule has 1 aromatic carbocycles. The van der Waals surface area contributed by atoms with Crippen molar-refractivity contribution in [3.05, 3.63) is 47.4 Å². The first kappa shape index (κ1) is 15.7. The molecule has 0 aliphatic rings. The first-order valence-corrected chi connectivity index (χ1v) is 6.80. The van der Waals surface area contributed by atoms with E-state index >= 15 is 0 Å². The molecule has 2 rings (SSSR count). The number of H-pyrrole nitrogens is 1. The van der Waals surface area contributed by atoms with E-state index in [0.717, 1.165) is 0 Å². The predicted octanol–water partition coefficient (Wildman–Crippen LogP) is 2.47. The topological polar surface area (TPSA) is 84.1 Å². The number of halogens is 1. The van der Waals surface area contributed by atoms with Crippen LogP contribution >= 0.6 is 0 Å². The van der Waals surface area contributed by atoms with Gasteiger partial charge in [0.05, 0.1) is 12.5 Å². The largest absolute Gasteiger partial charge is 0.461 e. The molecule has 0 radical (unpaired) electrons. The van der Waals surface area contributed by atoms with Crippen LogP contribution in [-0.2, 0) is 9.53 Å². The van der Waals surface area contributed by atoms with Crippen LogP contribution in [-0.4, -0.2) is 28.7 Å². The summed E-state index contributed by atoms with van der Waals surface area (Å²) >= 11 is 0. The molecule has 0 saturated carbocycles. The molecule has 2 N–H and O–H groups in total. The van der Waals surface area contributed by atoms with Gasteiger partial charge in [-0.2, -0.15) is 5.10 Å². The average Bonchev–Trinajstić information content (AvgIpc) is 2.95. The Balaban J connectivity index is 2.04. The maximum Gasteiger partial charge on any atom is 0.356 e. The maximum absolute atomic E-state index is 13.2. The first-order chi connectivity index (χ1) is 10.5. The molecule has 0 spiro atoms. The lowest BCUT2D eigenvalue weighted by Gasteiger charge is -2.11. The summed E-state index contributed by atoms with van der Waals surface area (Å²) in [5.41, 5.74) is 0.703. The Hall–Kier alpha value is -2.70. The number of rotatable bonds is 5. The highest BCUT2D eigenvalue weighted by atomic mass is 19.1. The van der Waals surface area contributed by atoms with Crippen LogP contribution in [0.25, 0.3) is 0 Å². The molecule has 22 heavy (non-hydrogen) atoms. The van der Waals surface area contributed by atoms with E-state index in [-0.39, 0.29) is 24.0 Å². The molecule has 1 atom stereocenters. The highest BCUT2D eigenvalue weighted by Gasteiger charge is 2.18. The lowest BCUT2D eigenvalue weighted by atomic mass is 10.0. The third-order valence-corrected chi connectivity index (χ3v) is 3.07. The average molecular weight is 305 g/mol. The number of carbonyl (C=O) groups is 2. The van der Waals surface area contributed by atoms with E-state index < -0.39 is 17.7 Å². The van der Waals surface area contributed by atoms with E-state index in [2.05, 4.69) is 15.5 Å². The Morgan fingerprint density at radius 3 is 2.86 bits per heavy atom. The monoisotopic (exact) mass is 305 g/mol. The smallest absolute Gasteiger partial charge is 0.356 e. The van der Waals surface area contributed by atoms with E-state index in [4.69, 9.17) is 4.74 Å². The van der Waals surface area contributed by atoms with Crippen molar-refractivity contribution >= 4 is 17.7 Å². The van der Waals surface area contributed by atoms with Crippen molar-refractivity contribution in [1.82, 2.24) is 10.2 Å². The van der Waals surface area contributed by atoms with Gasteiger partial charge in [-0.25, -0.2) is 9.18 Å². The van der Waals surface area contributed by atoms with Crippen LogP contribution < -0.4 is 5.32 Å². The summed E-state index contributed by atoms with van der Waals surface area (Å²) in [4.78, 5) is 23.6. The highest BCUT2D eigenvalue weighted by Crippen LogP contribution is 2.18. The van der Waals surface area contributed by atoms with Crippen LogP contribution in [0.5, 0.6) is 0 Å². The summed E-state index contributed by atoms with van der Waals surface area (Å²) in [5, 5.41) is 8.87. The summed E-state index contributed by atoms with van der Waals surface area (Å²) in [6.45, 7) is 3.59. The van der Waals surface area contributed by atoms with Crippen molar-refractivity contribution in [2.24, 2.45) is 0 Å². The fourth-order valence-corrected chi connectivity index (χ4v) is 1.86. The minimum atomic E-state index is -0.557. The minimum absolute atomic E-state index is 0.149. The van der Waals surface area contributed by atoms with Crippen LogP contribution in [0.1, 0.15) is 35.8 Å². The molecule has 7 heteroatoms. The third kappa shape index (κ3) is 3.69. The van der Waals surface area contributed by atoms with Gasteiger partial charge in [-0.3, -0.25) is 9.89 Å². The van der Waals surface area contributed by atoms with Crippen molar-refractivity contribution in [2.75, 3.05) is 11.9 Å². The molecule has 0 aliphatic heterocycles. The lowest BCUT2D eigenvalue weighted by Crippen LogP contribution is -2.19. The number of hydrogen-bond acceptors (Lipinski definition) is 4. The molecule has 0 fully saturated rings. The molecule has 0 saturated heterocycles. The fraction of sp³-hybridized carbons (Fsp3) is 0.267. The SMILES string of the molecule is CCOC(=O)c1cc(NC(=O)[C@H](C)c2cccc(F)c2)n[nH]1. The summed E-state index contributed by atoms with van der Waals surface area (Å²) in [6, 6.07) is 7.21. The minimum Gasteiger partial charge on any atom is -0.461 e. The quantitative estimate of drug-likeness (QED) is 0.831. The van der Waals surface area contributed by atoms with Crippen LogP contribution in [0.3, 0.4) is 0 Å². The summed E-state index contributed by atoms with van der Waals surface area (Å²) in [7, 11) is 0. The Morgan fingerprint density at radius 1 is 1.41 bits per heavy atom.